The van der Waals surface area contributed by atoms with Gasteiger partial charge in [-0.05, 0) is 35.4 Å². The molecule has 7 heteroatoms. The zero-order chi connectivity index (χ0) is 16.8. The molecule has 24 heavy (non-hydrogen) atoms. The van der Waals surface area contributed by atoms with Crippen molar-refractivity contribution in [2.45, 2.75) is 6.61 Å². The number of hydrazone groups is 1. The molecule has 1 aromatic heterocycles. The number of hydrogen-bond donors (Lipinski definition) is 2. The fourth-order valence-electron chi connectivity index (χ4n) is 1.90. The van der Waals surface area contributed by atoms with E-state index in [1.807, 2.05) is 24.3 Å². The van der Waals surface area contributed by atoms with Crippen LogP contribution in [-0.2, 0) is 6.61 Å². The summed E-state index contributed by atoms with van der Waals surface area (Å²) in [5, 5.41) is 6.50. The maximum absolute atomic E-state index is 12.8. The van der Waals surface area contributed by atoms with Gasteiger partial charge in [-0.25, -0.2) is 9.37 Å². The average Bonchev–Trinajstić information content (AvgIpc) is 3.01. The van der Waals surface area contributed by atoms with Gasteiger partial charge in [0.2, 0.25) is 5.13 Å². The molecular formula is C17H15FN4OS. The van der Waals surface area contributed by atoms with E-state index in [0.717, 1.165) is 11.1 Å². The number of rotatable bonds is 6. The van der Waals surface area contributed by atoms with Gasteiger partial charge in [-0.3, -0.25) is 5.43 Å². The molecule has 3 N–H and O–H groups in total. The number of hydrogen-bond acceptors (Lipinski definition) is 6. The smallest absolute Gasteiger partial charge is 0.205 e. The normalized spacial score (nSPS) is 10.9. The summed E-state index contributed by atoms with van der Waals surface area (Å²) in [4.78, 5) is 4.05. The minimum Gasteiger partial charge on any atom is -0.489 e. The first-order valence-corrected chi connectivity index (χ1v) is 8.04. The molecule has 0 fully saturated rings. The summed E-state index contributed by atoms with van der Waals surface area (Å²) in [6.07, 6.45) is 1.70. The summed E-state index contributed by atoms with van der Waals surface area (Å²) < 4.78 is 18.4. The molecule has 0 spiro atoms. The molecule has 5 nitrogen and oxygen atoms in total. The Kier molecular flexibility index (Phi) is 5.02. The van der Waals surface area contributed by atoms with Gasteiger partial charge in [-0.1, -0.05) is 24.3 Å². The van der Waals surface area contributed by atoms with Crippen LogP contribution < -0.4 is 15.9 Å². The van der Waals surface area contributed by atoms with Gasteiger partial charge in [-0.15, -0.1) is 11.3 Å². The highest BCUT2D eigenvalue weighted by Crippen LogP contribution is 2.16. The number of anilines is 2. The van der Waals surface area contributed by atoms with Crippen LogP contribution in [0.4, 0.5) is 15.3 Å². The zero-order valence-corrected chi connectivity index (χ0v) is 13.5. The van der Waals surface area contributed by atoms with E-state index in [4.69, 9.17) is 10.5 Å². The topological polar surface area (TPSA) is 72.5 Å². The zero-order valence-electron chi connectivity index (χ0n) is 12.6. The Morgan fingerprint density at radius 2 is 1.92 bits per heavy atom. The molecule has 0 bridgehead atoms. The van der Waals surface area contributed by atoms with Gasteiger partial charge in [0.15, 0.2) is 0 Å². The van der Waals surface area contributed by atoms with Crippen LogP contribution >= 0.6 is 11.3 Å². The van der Waals surface area contributed by atoms with Crippen molar-refractivity contribution in [3.63, 3.8) is 0 Å². The van der Waals surface area contributed by atoms with E-state index in [0.29, 0.717) is 23.3 Å². The molecule has 0 aliphatic carbocycles. The highest BCUT2D eigenvalue weighted by Gasteiger charge is 1.98. The molecule has 0 aliphatic rings. The maximum atomic E-state index is 12.8. The lowest BCUT2D eigenvalue weighted by Crippen LogP contribution is -1.96. The third-order valence-corrected chi connectivity index (χ3v) is 3.86. The van der Waals surface area contributed by atoms with Crippen molar-refractivity contribution >= 4 is 28.5 Å². The monoisotopic (exact) mass is 342 g/mol. The lowest BCUT2D eigenvalue weighted by molar-refractivity contribution is 0.306. The van der Waals surface area contributed by atoms with Crippen LogP contribution in [0.25, 0.3) is 0 Å². The summed E-state index contributed by atoms with van der Waals surface area (Å²) in [6.45, 7) is 0.416. The highest BCUT2D eigenvalue weighted by molar-refractivity contribution is 7.14. The van der Waals surface area contributed by atoms with E-state index in [9.17, 15) is 4.39 Å². The van der Waals surface area contributed by atoms with E-state index in [-0.39, 0.29) is 5.82 Å². The largest absolute Gasteiger partial charge is 0.489 e. The fourth-order valence-corrected chi connectivity index (χ4v) is 2.45. The van der Waals surface area contributed by atoms with Gasteiger partial charge in [0.05, 0.1) is 6.21 Å². The van der Waals surface area contributed by atoms with Crippen LogP contribution in [-0.4, -0.2) is 11.2 Å². The van der Waals surface area contributed by atoms with Crippen molar-refractivity contribution < 1.29 is 9.13 Å². The number of aromatic nitrogens is 1. The molecule has 3 rings (SSSR count). The Labute approximate surface area is 142 Å². The maximum Gasteiger partial charge on any atom is 0.205 e. The minimum atomic E-state index is -0.278. The fraction of sp³-hybridized carbons (Fsp3) is 0.0588. The number of benzene rings is 2. The molecule has 0 aliphatic heterocycles. The first kappa shape index (κ1) is 15.9. The van der Waals surface area contributed by atoms with E-state index in [1.54, 1.807) is 23.7 Å². The SMILES string of the molecule is Nc1csc(NN=Cc2ccc(COc3ccc(F)cc3)cc2)n1. The Balaban J connectivity index is 1.52. The Bertz CT molecular complexity index is 815. The second-order valence-electron chi connectivity index (χ2n) is 4.93. The number of nitrogens with one attached hydrogen (secondary N) is 1. The van der Waals surface area contributed by atoms with E-state index in [1.165, 1.54) is 23.5 Å². The van der Waals surface area contributed by atoms with Crippen LogP contribution in [0.1, 0.15) is 11.1 Å². The molecule has 0 atom stereocenters. The predicted octanol–water partition coefficient (Wildman–Crippen LogP) is 3.89. The third-order valence-electron chi connectivity index (χ3n) is 3.09. The lowest BCUT2D eigenvalue weighted by Gasteiger charge is -2.06. The molecule has 0 saturated heterocycles. The second-order valence-corrected chi connectivity index (χ2v) is 5.79. The highest BCUT2D eigenvalue weighted by atomic mass is 32.1. The van der Waals surface area contributed by atoms with Crippen LogP contribution in [0.5, 0.6) is 5.75 Å². The summed E-state index contributed by atoms with van der Waals surface area (Å²) in [6, 6.07) is 13.7. The molecule has 3 aromatic rings. The Morgan fingerprint density at radius 1 is 1.17 bits per heavy atom. The van der Waals surface area contributed by atoms with Crippen molar-refractivity contribution in [2.24, 2.45) is 5.10 Å². The number of halogens is 1. The molecule has 0 radical (unpaired) electrons. The van der Waals surface area contributed by atoms with Gasteiger partial charge >= 0.3 is 0 Å². The van der Waals surface area contributed by atoms with Gasteiger partial charge in [-0.2, -0.15) is 5.10 Å². The minimum absolute atomic E-state index is 0.278. The van der Waals surface area contributed by atoms with Crippen molar-refractivity contribution in [3.8, 4) is 5.75 Å². The standard InChI is InChI=1S/C17H15FN4OS/c18-14-5-7-15(8-6-14)23-10-13-3-1-12(2-4-13)9-20-22-17-21-16(19)11-24-17/h1-9,11H,10,19H2,(H,21,22). The molecular weight excluding hydrogens is 327 g/mol. The van der Waals surface area contributed by atoms with E-state index in [2.05, 4.69) is 15.5 Å². The molecule has 1 heterocycles. The van der Waals surface area contributed by atoms with Crippen molar-refractivity contribution in [3.05, 3.63) is 70.9 Å². The summed E-state index contributed by atoms with van der Waals surface area (Å²) in [7, 11) is 0. The second kappa shape index (κ2) is 7.56. The van der Waals surface area contributed by atoms with Crippen LogP contribution in [0.3, 0.4) is 0 Å². The Hall–Kier alpha value is -2.93. The van der Waals surface area contributed by atoms with Gasteiger partial charge in [0.25, 0.3) is 0 Å². The van der Waals surface area contributed by atoms with Gasteiger partial charge in [0, 0.05) is 5.38 Å². The van der Waals surface area contributed by atoms with Gasteiger partial charge in [0.1, 0.15) is 24.0 Å². The van der Waals surface area contributed by atoms with Crippen LogP contribution in [0.2, 0.25) is 0 Å². The summed E-state index contributed by atoms with van der Waals surface area (Å²) in [5.41, 5.74) is 10.3. The number of nitrogens with zero attached hydrogens (tertiary/aromatic N) is 2. The quantitative estimate of drug-likeness (QED) is 0.526. The Morgan fingerprint density at radius 3 is 2.58 bits per heavy atom. The van der Waals surface area contributed by atoms with Crippen LogP contribution in [0.15, 0.2) is 59.0 Å². The third kappa shape index (κ3) is 4.53. The van der Waals surface area contributed by atoms with Crippen molar-refractivity contribution in [1.82, 2.24) is 4.98 Å². The van der Waals surface area contributed by atoms with Crippen molar-refractivity contribution in [2.75, 3.05) is 11.2 Å². The van der Waals surface area contributed by atoms with E-state index >= 15 is 0 Å². The molecule has 2 aromatic carbocycles. The number of nitrogens with two attached hydrogens (primary N) is 1. The van der Waals surface area contributed by atoms with Crippen molar-refractivity contribution in [1.29, 1.82) is 0 Å². The molecule has 122 valence electrons. The first-order chi connectivity index (χ1) is 11.7. The number of nitrogen functional groups attached to an aromatic ring is 1. The molecule has 0 amide bonds. The molecule has 0 saturated carbocycles. The summed E-state index contributed by atoms with van der Waals surface area (Å²) >= 11 is 1.39. The lowest BCUT2D eigenvalue weighted by atomic mass is 10.1. The van der Waals surface area contributed by atoms with E-state index < -0.39 is 0 Å². The predicted molar refractivity (Wildman–Crippen MR) is 94.9 cm³/mol. The molecule has 0 unspecified atom stereocenters. The first-order valence-electron chi connectivity index (χ1n) is 7.16. The average molecular weight is 342 g/mol. The number of thiazole rings is 1. The van der Waals surface area contributed by atoms with Gasteiger partial charge < -0.3 is 10.5 Å². The van der Waals surface area contributed by atoms with Crippen LogP contribution in [0, 0.1) is 5.82 Å². The summed E-state index contributed by atoms with van der Waals surface area (Å²) in [5.74, 6) is 0.831. The number of ether oxygens (including phenoxy) is 1.